The molecule has 4 nitrogen and oxygen atoms in total. The van der Waals surface area contributed by atoms with Crippen molar-refractivity contribution in [1.29, 1.82) is 0 Å². The Labute approximate surface area is 130 Å². The van der Waals surface area contributed by atoms with Crippen molar-refractivity contribution in [3.63, 3.8) is 0 Å². The van der Waals surface area contributed by atoms with Gasteiger partial charge in [-0.25, -0.2) is 9.97 Å². The molecule has 0 radical (unpaired) electrons. The number of anilines is 1. The summed E-state index contributed by atoms with van der Waals surface area (Å²) >= 11 is 6.28. The number of nitrogens with one attached hydrogen (secondary N) is 1. The van der Waals surface area contributed by atoms with Crippen LogP contribution in [0.15, 0.2) is 24.3 Å². The molecule has 0 spiro atoms. The normalized spacial score (nSPS) is 16.2. The third-order valence-electron chi connectivity index (χ3n) is 3.71. The molecule has 0 amide bonds. The molecular formula is C14H18Cl2N4. The first kappa shape index (κ1) is 15.3. The topological polar surface area (TPSA) is 41.0 Å². The van der Waals surface area contributed by atoms with Crippen molar-refractivity contribution in [3.8, 4) is 0 Å². The number of rotatable bonds is 2. The van der Waals surface area contributed by atoms with E-state index in [9.17, 15) is 0 Å². The van der Waals surface area contributed by atoms with Crippen LogP contribution in [-0.4, -0.2) is 36.1 Å². The maximum Gasteiger partial charge on any atom is 0.172 e. The number of halogens is 2. The fraction of sp³-hybridized carbons (Fsp3) is 0.429. The molecule has 0 aliphatic carbocycles. The summed E-state index contributed by atoms with van der Waals surface area (Å²) in [4.78, 5) is 11.3. The molecule has 1 aliphatic heterocycles. The lowest BCUT2D eigenvalue weighted by Gasteiger charge is -2.32. The van der Waals surface area contributed by atoms with Crippen LogP contribution in [0.4, 0.5) is 5.82 Å². The minimum atomic E-state index is 0. The van der Waals surface area contributed by atoms with Crippen molar-refractivity contribution in [2.75, 3.05) is 25.0 Å². The van der Waals surface area contributed by atoms with Crippen LogP contribution < -0.4 is 10.2 Å². The van der Waals surface area contributed by atoms with Crippen LogP contribution in [0.5, 0.6) is 0 Å². The Kier molecular flexibility index (Phi) is 5.02. The molecule has 3 rings (SSSR count). The molecule has 1 aromatic carbocycles. The monoisotopic (exact) mass is 312 g/mol. The highest BCUT2D eigenvalue weighted by atomic mass is 35.5. The lowest BCUT2D eigenvalue weighted by Crippen LogP contribution is -2.41. The Balaban J connectivity index is 0.00000147. The van der Waals surface area contributed by atoms with Crippen molar-refractivity contribution in [2.45, 2.75) is 18.9 Å². The van der Waals surface area contributed by atoms with E-state index in [-0.39, 0.29) is 12.4 Å². The van der Waals surface area contributed by atoms with E-state index in [1.54, 1.807) is 0 Å². The van der Waals surface area contributed by atoms with Crippen molar-refractivity contribution in [1.82, 2.24) is 15.3 Å². The van der Waals surface area contributed by atoms with Gasteiger partial charge in [0.1, 0.15) is 0 Å². The summed E-state index contributed by atoms with van der Waals surface area (Å²) in [5.41, 5.74) is 1.75. The van der Waals surface area contributed by atoms with Crippen LogP contribution >= 0.6 is 24.0 Å². The van der Waals surface area contributed by atoms with Gasteiger partial charge in [0, 0.05) is 19.1 Å². The molecule has 20 heavy (non-hydrogen) atoms. The largest absolute Gasteiger partial charge is 0.354 e. The molecule has 1 fully saturated rings. The predicted molar refractivity (Wildman–Crippen MR) is 86.1 cm³/mol. The summed E-state index contributed by atoms with van der Waals surface area (Å²) in [5.74, 6) is 0.815. The summed E-state index contributed by atoms with van der Waals surface area (Å²) in [6, 6.07) is 8.43. The van der Waals surface area contributed by atoms with E-state index in [4.69, 9.17) is 11.6 Å². The SMILES string of the molecule is CNC1CCN(c2nc3ccccc3nc2Cl)CC1.Cl. The van der Waals surface area contributed by atoms with Gasteiger partial charge in [0.05, 0.1) is 11.0 Å². The first-order valence-electron chi connectivity index (χ1n) is 6.62. The van der Waals surface area contributed by atoms with E-state index in [1.165, 1.54) is 0 Å². The Hall–Kier alpha value is -1.10. The van der Waals surface area contributed by atoms with E-state index < -0.39 is 0 Å². The van der Waals surface area contributed by atoms with E-state index in [0.717, 1.165) is 42.8 Å². The van der Waals surface area contributed by atoms with Gasteiger partial charge in [-0.2, -0.15) is 0 Å². The highest BCUT2D eigenvalue weighted by Crippen LogP contribution is 2.26. The molecule has 0 bridgehead atoms. The number of piperidine rings is 1. The molecule has 1 aliphatic rings. The average molecular weight is 313 g/mol. The summed E-state index contributed by atoms with van der Waals surface area (Å²) in [7, 11) is 2.02. The van der Waals surface area contributed by atoms with Gasteiger partial charge < -0.3 is 10.2 Å². The molecule has 0 atom stereocenters. The first-order chi connectivity index (χ1) is 9.28. The minimum absolute atomic E-state index is 0. The zero-order valence-electron chi connectivity index (χ0n) is 11.3. The quantitative estimate of drug-likeness (QED) is 0.925. The zero-order valence-corrected chi connectivity index (χ0v) is 12.9. The van der Waals surface area contributed by atoms with Gasteiger partial charge in [0.2, 0.25) is 0 Å². The number of benzene rings is 1. The standard InChI is InChI=1S/C14H17ClN4.ClH/c1-16-10-6-8-19(9-7-10)14-13(15)17-11-4-2-3-5-12(11)18-14;/h2-5,10,16H,6-9H2,1H3;1H. The number of hydrogen-bond acceptors (Lipinski definition) is 4. The lowest BCUT2D eigenvalue weighted by atomic mass is 10.1. The van der Waals surface area contributed by atoms with Gasteiger partial charge in [-0.05, 0) is 32.0 Å². The molecule has 1 saturated heterocycles. The van der Waals surface area contributed by atoms with Gasteiger partial charge in [-0.1, -0.05) is 23.7 Å². The summed E-state index contributed by atoms with van der Waals surface area (Å²) in [6.45, 7) is 1.94. The molecular weight excluding hydrogens is 295 g/mol. The first-order valence-corrected chi connectivity index (χ1v) is 7.00. The number of nitrogens with zero attached hydrogens (tertiary/aromatic N) is 3. The summed E-state index contributed by atoms with van der Waals surface area (Å²) in [5, 5.41) is 3.83. The second-order valence-corrected chi connectivity index (χ2v) is 5.23. The van der Waals surface area contributed by atoms with Gasteiger partial charge in [-0.15, -0.1) is 12.4 Å². The Morgan fingerprint density at radius 3 is 2.35 bits per heavy atom. The highest BCUT2D eigenvalue weighted by molar-refractivity contribution is 6.32. The van der Waals surface area contributed by atoms with Crippen LogP contribution in [-0.2, 0) is 0 Å². The fourth-order valence-corrected chi connectivity index (χ4v) is 2.80. The maximum absolute atomic E-state index is 6.28. The van der Waals surface area contributed by atoms with Crippen LogP contribution in [0, 0.1) is 0 Å². The number of hydrogen-bond donors (Lipinski definition) is 1. The van der Waals surface area contributed by atoms with Gasteiger partial charge in [-0.3, -0.25) is 0 Å². The highest BCUT2D eigenvalue weighted by Gasteiger charge is 2.21. The van der Waals surface area contributed by atoms with Gasteiger partial charge in [0.15, 0.2) is 11.0 Å². The second kappa shape index (κ2) is 6.57. The lowest BCUT2D eigenvalue weighted by molar-refractivity contribution is 0.441. The molecule has 2 aromatic rings. The molecule has 1 N–H and O–H groups in total. The van der Waals surface area contributed by atoms with E-state index >= 15 is 0 Å². The molecule has 1 aromatic heterocycles. The van der Waals surface area contributed by atoms with Crippen molar-refractivity contribution in [3.05, 3.63) is 29.4 Å². The Bertz CT molecular complexity index is 582. The molecule has 6 heteroatoms. The third kappa shape index (κ3) is 2.97. The molecule has 0 unspecified atom stereocenters. The molecule has 2 heterocycles. The maximum atomic E-state index is 6.28. The fourth-order valence-electron chi connectivity index (χ4n) is 2.55. The van der Waals surface area contributed by atoms with Crippen LogP contribution in [0.25, 0.3) is 11.0 Å². The van der Waals surface area contributed by atoms with Crippen molar-refractivity contribution >= 4 is 40.9 Å². The summed E-state index contributed by atoms with van der Waals surface area (Å²) in [6.07, 6.45) is 2.22. The van der Waals surface area contributed by atoms with Crippen LogP contribution in [0.1, 0.15) is 12.8 Å². The minimum Gasteiger partial charge on any atom is -0.354 e. The van der Waals surface area contributed by atoms with Crippen molar-refractivity contribution < 1.29 is 0 Å². The summed E-state index contributed by atoms with van der Waals surface area (Å²) < 4.78 is 0. The Morgan fingerprint density at radius 2 is 1.75 bits per heavy atom. The number of para-hydroxylation sites is 2. The second-order valence-electron chi connectivity index (χ2n) is 4.88. The van der Waals surface area contributed by atoms with Crippen LogP contribution in [0.3, 0.4) is 0 Å². The van der Waals surface area contributed by atoms with E-state index in [0.29, 0.717) is 11.2 Å². The number of fused-ring (bicyclic) bond motifs is 1. The molecule has 0 saturated carbocycles. The predicted octanol–water partition coefficient (Wildman–Crippen LogP) is 2.89. The van der Waals surface area contributed by atoms with Crippen LogP contribution in [0.2, 0.25) is 5.15 Å². The van der Waals surface area contributed by atoms with Gasteiger partial charge in [0.25, 0.3) is 0 Å². The third-order valence-corrected chi connectivity index (χ3v) is 3.97. The van der Waals surface area contributed by atoms with E-state index in [2.05, 4.69) is 20.2 Å². The Morgan fingerprint density at radius 1 is 1.15 bits per heavy atom. The zero-order chi connectivity index (χ0) is 13.2. The van der Waals surface area contributed by atoms with Crippen molar-refractivity contribution in [2.24, 2.45) is 0 Å². The average Bonchev–Trinajstić information content (AvgIpc) is 2.47. The molecule has 108 valence electrons. The van der Waals surface area contributed by atoms with Gasteiger partial charge >= 0.3 is 0 Å². The number of aromatic nitrogens is 2. The van der Waals surface area contributed by atoms with E-state index in [1.807, 2.05) is 31.3 Å². The smallest absolute Gasteiger partial charge is 0.172 e.